The second-order valence-corrected chi connectivity index (χ2v) is 4.42. The highest BCUT2D eigenvalue weighted by Gasteiger charge is 2.12. The molecule has 0 bridgehead atoms. The Bertz CT molecular complexity index is 565. The first-order valence-corrected chi connectivity index (χ1v) is 5.67. The summed E-state index contributed by atoms with van der Waals surface area (Å²) in [5.74, 6) is -1.99. The number of ether oxygens (including phenoxy) is 1. The van der Waals surface area contributed by atoms with E-state index in [4.69, 9.17) is 16.3 Å². The summed E-state index contributed by atoms with van der Waals surface area (Å²) in [6.45, 7) is 0. The standard InChI is InChI=1S/C11H5BrClF2NO/c12-6-3-8(14)11(15)9(4-6)17-7-1-2-16-10(13)5-7/h1-5H. The largest absolute Gasteiger partial charge is 0.454 e. The van der Waals surface area contributed by atoms with E-state index >= 15 is 0 Å². The van der Waals surface area contributed by atoms with Crippen LogP contribution in [0.3, 0.4) is 0 Å². The van der Waals surface area contributed by atoms with Gasteiger partial charge < -0.3 is 4.74 Å². The number of pyridine rings is 1. The minimum atomic E-state index is -1.05. The van der Waals surface area contributed by atoms with Crippen molar-refractivity contribution in [3.63, 3.8) is 0 Å². The second-order valence-electron chi connectivity index (χ2n) is 3.12. The molecule has 6 heteroatoms. The van der Waals surface area contributed by atoms with E-state index in [1.807, 2.05) is 0 Å². The lowest BCUT2D eigenvalue weighted by atomic mass is 10.3. The fraction of sp³-hybridized carbons (Fsp3) is 0. The third-order valence-corrected chi connectivity index (χ3v) is 2.55. The summed E-state index contributed by atoms with van der Waals surface area (Å²) in [6, 6.07) is 5.23. The Morgan fingerprint density at radius 3 is 2.71 bits per heavy atom. The molecule has 0 radical (unpaired) electrons. The highest BCUT2D eigenvalue weighted by molar-refractivity contribution is 9.10. The molecule has 17 heavy (non-hydrogen) atoms. The van der Waals surface area contributed by atoms with Crippen molar-refractivity contribution in [2.24, 2.45) is 0 Å². The summed E-state index contributed by atoms with van der Waals surface area (Å²) in [5.41, 5.74) is 0. The third kappa shape index (κ3) is 2.92. The topological polar surface area (TPSA) is 22.1 Å². The minimum absolute atomic E-state index is 0.207. The van der Waals surface area contributed by atoms with E-state index in [0.29, 0.717) is 4.47 Å². The monoisotopic (exact) mass is 319 g/mol. The van der Waals surface area contributed by atoms with Gasteiger partial charge in [0, 0.05) is 16.7 Å². The molecule has 0 saturated heterocycles. The van der Waals surface area contributed by atoms with Gasteiger partial charge in [-0.1, -0.05) is 27.5 Å². The molecule has 88 valence electrons. The van der Waals surface area contributed by atoms with Gasteiger partial charge in [-0.3, -0.25) is 0 Å². The summed E-state index contributed by atoms with van der Waals surface area (Å²) in [6.07, 6.45) is 1.41. The van der Waals surface area contributed by atoms with Crippen LogP contribution in [0.5, 0.6) is 11.5 Å². The molecule has 0 spiro atoms. The van der Waals surface area contributed by atoms with Crippen molar-refractivity contribution in [3.05, 3.63) is 51.7 Å². The van der Waals surface area contributed by atoms with Gasteiger partial charge in [0.05, 0.1) is 0 Å². The number of aromatic nitrogens is 1. The molecule has 0 saturated carbocycles. The van der Waals surface area contributed by atoms with Gasteiger partial charge in [-0.15, -0.1) is 0 Å². The Hall–Kier alpha value is -1.20. The molecule has 1 aromatic carbocycles. The summed E-state index contributed by atoms with van der Waals surface area (Å²) < 4.78 is 32.1. The SMILES string of the molecule is Fc1cc(Br)cc(Oc2ccnc(Cl)c2)c1F. The minimum Gasteiger partial charge on any atom is -0.454 e. The van der Waals surface area contributed by atoms with E-state index in [9.17, 15) is 8.78 Å². The van der Waals surface area contributed by atoms with Gasteiger partial charge in [-0.25, -0.2) is 9.37 Å². The van der Waals surface area contributed by atoms with Crippen LogP contribution >= 0.6 is 27.5 Å². The number of nitrogens with zero attached hydrogens (tertiary/aromatic N) is 1. The quantitative estimate of drug-likeness (QED) is 0.597. The summed E-state index contributed by atoms with van der Waals surface area (Å²) in [7, 11) is 0. The molecule has 0 aliphatic rings. The van der Waals surface area contributed by atoms with Gasteiger partial charge in [0.25, 0.3) is 0 Å². The molecule has 0 aliphatic heterocycles. The lowest BCUT2D eigenvalue weighted by Crippen LogP contribution is -1.92. The average Bonchev–Trinajstić information content (AvgIpc) is 2.25. The van der Waals surface area contributed by atoms with Crippen molar-refractivity contribution < 1.29 is 13.5 Å². The van der Waals surface area contributed by atoms with E-state index in [1.165, 1.54) is 24.4 Å². The summed E-state index contributed by atoms with van der Waals surface area (Å²) >= 11 is 8.70. The second kappa shape index (κ2) is 4.98. The van der Waals surface area contributed by atoms with Crippen LogP contribution in [0, 0.1) is 11.6 Å². The van der Waals surface area contributed by atoms with Crippen molar-refractivity contribution >= 4 is 27.5 Å². The van der Waals surface area contributed by atoms with Crippen molar-refractivity contribution in [1.82, 2.24) is 4.98 Å². The number of hydrogen-bond donors (Lipinski definition) is 0. The van der Waals surface area contributed by atoms with Crippen LogP contribution < -0.4 is 4.74 Å². The zero-order valence-electron chi connectivity index (χ0n) is 8.25. The molecule has 0 atom stereocenters. The maximum absolute atomic E-state index is 13.4. The smallest absolute Gasteiger partial charge is 0.201 e. The van der Waals surface area contributed by atoms with Crippen LogP contribution in [0.25, 0.3) is 0 Å². The van der Waals surface area contributed by atoms with E-state index in [1.54, 1.807) is 0 Å². The van der Waals surface area contributed by atoms with Crippen molar-refractivity contribution in [2.75, 3.05) is 0 Å². The summed E-state index contributed by atoms with van der Waals surface area (Å²) in [4.78, 5) is 3.75. The zero-order chi connectivity index (χ0) is 12.4. The maximum Gasteiger partial charge on any atom is 0.201 e. The number of hydrogen-bond acceptors (Lipinski definition) is 2. The lowest BCUT2D eigenvalue weighted by Gasteiger charge is -2.07. The highest BCUT2D eigenvalue weighted by atomic mass is 79.9. The van der Waals surface area contributed by atoms with Gasteiger partial charge >= 0.3 is 0 Å². The van der Waals surface area contributed by atoms with Crippen LogP contribution in [0.15, 0.2) is 34.9 Å². The first kappa shape index (κ1) is 12.3. The van der Waals surface area contributed by atoms with Gasteiger partial charge in [-0.2, -0.15) is 4.39 Å². The Labute approximate surface area is 109 Å². The van der Waals surface area contributed by atoms with Crippen LogP contribution in [-0.2, 0) is 0 Å². The molecule has 0 amide bonds. The molecule has 0 N–H and O–H groups in total. The van der Waals surface area contributed by atoms with Crippen LogP contribution in [0.2, 0.25) is 5.15 Å². The molecule has 0 fully saturated rings. The molecule has 1 heterocycles. The van der Waals surface area contributed by atoms with Crippen LogP contribution in [0.4, 0.5) is 8.78 Å². The Morgan fingerprint density at radius 1 is 1.24 bits per heavy atom. The van der Waals surface area contributed by atoms with E-state index in [0.717, 1.165) is 6.07 Å². The number of benzene rings is 1. The Kier molecular flexibility index (Phi) is 3.59. The Balaban J connectivity index is 2.36. The molecule has 2 nitrogen and oxygen atoms in total. The molecule has 2 aromatic rings. The highest BCUT2D eigenvalue weighted by Crippen LogP contribution is 2.30. The van der Waals surface area contributed by atoms with Gasteiger partial charge in [-0.05, 0) is 18.2 Å². The Morgan fingerprint density at radius 2 is 2.00 bits per heavy atom. The van der Waals surface area contributed by atoms with Gasteiger partial charge in [0.15, 0.2) is 11.6 Å². The zero-order valence-corrected chi connectivity index (χ0v) is 10.6. The van der Waals surface area contributed by atoms with Crippen LogP contribution in [0.1, 0.15) is 0 Å². The third-order valence-electron chi connectivity index (χ3n) is 1.89. The van der Waals surface area contributed by atoms with E-state index in [-0.39, 0.29) is 16.7 Å². The normalized spacial score (nSPS) is 10.4. The molecule has 0 unspecified atom stereocenters. The molecule has 1 aromatic heterocycles. The van der Waals surface area contributed by atoms with Crippen molar-refractivity contribution in [1.29, 1.82) is 0 Å². The maximum atomic E-state index is 13.4. The molecular weight excluding hydrogens is 315 g/mol. The van der Waals surface area contributed by atoms with Crippen molar-refractivity contribution in [3.8, 4) is 11.5 Å². The van der Waals surface area contributed by atoms with Gasteiger partial charge in [0.2, 0.25) is 5.82 Å². The van der Waals surface area contributed by atoms with E-state index in [2.05, 4.69) is 20.9 Å². The van der Waals surface area contributed by atoms with Gasteiger partial charge in [0.1, 0.15) is 10.9 Å². The molecule has 0 aliphatic carbocycles. The lowest BCUT2D eigenvalue weighted by molar-refractivity contribution is 0.415. The number of rotatable bonds is 2. The summed E-state index contributed by atoms with van der Waals surface area (Å²) in [5, 5.41) is 0.207. The predicted molar refractivity (Wildman–Crippen MR) is 63.4 cm³/mol. The molecular formula is C11H5BrClF2NO. The fourth-order valence-electron chi connectivity index (χ4n) is 1.18. The molecule has 2 rings (SSSR count). The first-order chi connectivity index (χ1) is 8.06. The fourth-order valence-corrected chi connectivity index (χ4v) is 1.75. The average molecular weight is 321 g/mol. The van der Waals surface area contributed by atoms with E-state index < -0.39 is 11.6 Å². The first-order valence-electron chi connectivity index (χ1n) is 4.50. The van der Waals surface area contributed by atoms with Crippen molar-refractivity contribution in [2.45, 2.75) is 0 Å². The number of halogens is 4. The predicted octanol–water partition coefficient (Wildman–Crippen LogP) is 4.57. The van der Waals surface area contributed by atoms with Crippen LogP contribution in [-0.4, -0.2) is 4.98 Å².